The topological polar surface area (TPSA) is 92.3 Å². The molecule has 1 aromatic carbocycles. The summed E-state index contributed by atoms with van der Waals surface area (Å²) in [6.07, 6.45) is 3.05. The number of halogens is 1. The second-order valence-electron chi connectivity index (χ2n) is 5.80. The largest absolute Gasteiger partial charge is 0.313 e. The molecule has 1 heterocycles. The molecular formula is C14H23ClN2O4S2. The average Bonchev–Trinajstić information content (AvgIpc) is 2.90. The molecule has 9 heteroatoms. The van der Waals surface area contributed by atoms with Crippen LogP contribution in [0.1, 0.15) is 24.0 Å². The first kappa shape index (κ1) is 20.4. The Balaban J connectivity index is 0.00000264. The molecule has 0 saturated carbocycles. The molecule has 0 aliphatic carbocycles. The summed E-state index contributed by atoms with van der Waals surface area (Å²) < 4.78 is 51.2. The molecule has 1 saturated heterocycles. The molecule has 1 aromatic rings. The van der Waals surface area contributed by atoms with E-state index in [0.29, 0.717) is 12.1 Å². The van der Waals surface area contributed by atoms with E-state index in [4.69, 9.17) is 0 Å². The summed E-state index contributed by atoms with van der Waals surface area (Å²) in [6.45, 7) is 4.42. The molecule has 1 atom stereocenters. The third kappa shape index (κ3) is 4.90. The molecule has 1 aliphatic heterocycles. The minimum Gasteiger partial charge on any atom is -0.313 e. The van der Waals surface area contributed by atoms with Crippen LogP contribution in [0.2, 0.25) is 0 Å². The van der Waals surface area contributed by atoms with Crippen molar-refractivity contribution in [3.05, 3.63) is 23.3 Å². The molecule has 0 amide bonds. The van der Waals surface area contributed by atoms with E-state index >= 15 is 0 Å². The molecule has 0 aromatic heterocycles. The number of benzene rings is 1. The van der Waals surface area contributed by atoms with E-state index in [-0.39, 0.29) is 33.8 Å². The van der Waals surface area contributed by atoms with E-state index in [1.165, 1.54) is 19.1 Å². The highest BCUT2D eigenvalue weighted by molar-refractivity contribution is 7.91. The van der Waals surface area contributed by atoms with Crippen molar-refractivity contribution in [1.29, 1.82) is 0 Å². The highest BCUT2D eigenvalue weighted by Crippen LogP contribution is 2.25. The van der Waals surface area contributed by atoms with Crippen LogP contribution in [0.5, 0.6) is 0 Å². The second-order valence-corrected chi connectivity index (χ2v) is 9.52. The number of sulfonamides is 1. The van der Waals surface area contributed by atoms with E-state index in [9.17, 15) is 16.8 Å². The minimum absolute atomic E-state index is 0. The van der Waals surface area contributed by atoms with E-state index in [0.717, 1.165) is 25.6 Å². The monoisotopic (exact) mass is 382 g/mol. The van der Waals surface area contributed by atoms with E-state index in [1.54, 1.807) is 6.92 Å². The van der Waals surface area contributed by atoms with Gasteiger partial charge in [-0.3, -0.25) is 0 Å². The third-order valence-corrected chi connectivity index (χ3v) is 6.60. The maximum atomic E-state index is 12.5. The van der Waals surface area contributed by atoms with Gasteiger partial charge in [0.25, 0.3) is 0 Å². The van der Waals surface area contributed by atoms with E-state index in [2.05, 4.69) is 10.0 Å². The van der Waals surface area contributed by atoms with Gasteiger partial charge in [0.05, 0.1) is 9.79 Å². The Morgan fingerprint density at radius 2 is 1.78 bits per heavy atom. The maximum Gasteiger partial charge on any atom is 0.240 e. The molecule has 0 radical (unpaired) electrons. The smallest absolute Gasteiger partial charge is 0.240 e. The van der Waals surface area contributed by atoms with Gasteiger partial charge >= 0.3 is 0 Å². The second kappa shape index (κ2) is 7.48. The Kier molecular flexibility index (Phi) is 6.63. The van der Waals surface area contributed by atoms with Gasteiger partial charge in [0.1, 0.15) is 0 Å². The summed E-state index contributed by atoms with van der Waals surface area (Å²) in [7, 11) is -7.21. The van der Waals surface area contributed by atoms with E-state index in [1.807, 2.05) is 0 Å². The normalized spacial score (nSPS) is 18.7. The van der Waals surface area contributed by atoms with Crippen LogP contribution < -0.4 is 10.0 Å². The summed E-state index contributed by atoms with van der Waals surface area (Å²) in [5.41, 5.74) is 0.866. The lowest BCUT2D eigenvalue weighted by molar-refractivity contribution is 0.551. The Labute approximate surface area is 144 Å². The summed E-state index contributed by atoms with van der Waals surface area (Å²) in [5.74, 6) is 0. The van der Waals surface area contributed by atoms with Crippen molar-refractivity contribution in [2.45, 2.75) is 42.5 Å². The Hall–Kier alpha value is -0.670. The molecule has 2 N–H and O–H groups in total. The van der Waals surface area contributed by atoms with Gasteiger partial charge in [-0.05, 0) is 56.5 Å². The fourth-order valence-electron chi connectivity index (χ4n) is 2.68. The number of aryl methyl sites for hydroxylation is 1. The van der Waals surface area contributed by atoms with Crippen molar-refractivity contribution in [2.24, 2.45) is 0 Å². The maximum absolute atomic E-state index is 12.5. The van der Waals surface area contributed by atoms with Gasteiger partial charge in [-0.2, -0.15) is 0 Å². The Morgan fingerprint density at radius 1 is 1.17 bits per heavy atom. The number of hydrogen-bond donors (Lipinski definition) is 2. The van der Waals surface area contributed by atoms with Crippen molar-refractivity contribution in [1.82, 2.24) is 10.0 Å². The standard InChI is InChI=1S/C14H22N2O4S2.ClH/c1-10-7-13(21(3,17)18)11(2)14(8-10)22(19,20)16-9-12-5-4-6-15-12;/h7-8,12,15-16H,4-6,9H2,1-3H3;1H. The lowest BCUT2D eigenvalue weighted by Crippen LogP contribution is -2.37. The first-order chi connectivity index (χ1) is 10.1. The number of hydrogen-bond acceptors (Lipinski definition) is 5. The van der Waals surface area contributed by atoms with E-state index < -0.39 is 19.9 Å². The van der Waals surface area contributed by atoms with Crippen LogP contribution in [-0.4, -0.2) is 42.2 Å². The van der Waals surface area contributed by atoms with Gasteiger partial charge < -0.3 is 5.32 Å². The zero-order valence-electron chi connectivity index (χ0n) is 13.4. The quantitative estimate of drug-likeness (QED) is 0.797. The molecule has 0 spiro atoms. The lowest BCUT2D eigenvalue weighted by atomic mass is 10.2. The average molecular weight is 383 g/mol. The molecule has 0 bridgehead atoms. The van der Waals surface area contributed by atoms with Gasteiger partial charge in [0.2, 0.25) is 10.0 Å². The number of sulfone groups is 1. The van der Waals surface area contributed by atoms with Crippen LogP contribution in [0.15, 0.2) is 21.9 Å². The molecular weight excluding hydrogens is 360 g/mol. The first-order valence-corrected chi connectivity index (χ1v) is 10.5. The van der Waals surface area contributed by atoms with Crippen molar-refractivity contribution in [3.63, 3.8) is 0 Å². The van der Waals surface area contributed by atoms with Gasteiger partial charge in [0.15, 0.2) is 9.84 Å². The predicted octanol–water partition coefficient (Wildman–Crippen LogP) is 1.16. The van der Waals surface area contributed by atoms with Gasteiger partial charge in [-0.25, -0.2) is 21.6 Å². The Bertz CT molecular complexity index is 770. The molecule has 6 nitrogen and oxygen atoms in total. The molecule has 2 rings (SSSR count). The highest BCUT2D eigenvalue weighted by Gasteiger charge is 2.24. The van der Waals surface area contributed by atoms with Crippen molar-refractivity contribution < 1.29 is 16.8 Å². The van der Waals surface area contributed by atoms with Gasteiger partial charge in [-0.1, -0.05) is 0 Å². The third-order valence-electron chi connectivity index (χ3n) is 3.83. The van der Waals surface area contributed by atoms with Crippen molar-refractivity contribution in [3.8, 4) is 0 Å². The zero-order chi connectivity index (χ0) is 16.5. The molecule has 23 heavy (non-hydrogen) atoms. The van der Waals surface area contributed by atoms with Crippen molar-refractivity contribution >= 4 is 32.3 Å². The zero-order valence-corrected chi connectivity index (χ0v) is 15.9. The fraction of sp³-hybridized carbons (Fsp3) is 0.571. The van der Waals surface area contributed by atoms with Crippen LogP contribution in [0, 0.1) is 13.8 Å². The first-order valence-electron chi connectivity index (χ1n) is 7.15. The predicted molar refractivity (Wildman–Crippen MR) is 92.5 cm³/mol. The SMILES string of the molecule is Cc1cc(S(C)(=O)=O)c(C)c(S(=O)(=O)NCC2CCCN2)c1.Cl. The fourth-order valence-corrected chi connectivity index (χ4v) is 5.24. The van der Waals surface area contributed by atoms with Gasteiger partial charge in [-0.15, -0.1) is 12.4 Å². The number of nitrogens with one attached hydrogen (secondary N) is 2. The molecule has 1 fully saturated rings. The van der Waals surface area contributed by atoms with Crippen LogP contribution >= 0.6 is 12.4 Å². The molecule has 132 valence electrons. The summed E-state index contributed by atoms with van der Waals surface area (Å²) in [4.78, 5) is 0.0952. The Morgan fingerprint density at radius 3 is 2.30 bits per heavy atom. The van der Waals surface area contributed by atoms with Crippen molar-refractivity contribution in [2.75, 3.05) is 19.3 Å². The molecule has 1 unspecified atom stereocenters. The number of rotatable bonds is 5. The van der Waals surface area contributed by atoms with Crippen LogP contribution in [0.4, 0.5) is 0 Å². The van der Waals surface area contributed by atoms with Crippen LogP contribution in [-0.2, 0) is 19.9 Å². The lowest BCUT2D eigenvalue weighted by Gasteiger charge is -2.15. The summed E-state index contributed by atoms with van der Waals surface area (Å²) in [6, 6.07) is 3.14. The van der Waals surface area contributed by atoms with Crippen LogP contribution in [0.25, 0.3) is 0 Å². The molecule has 1 aliphatic rings. The minimum atomic E-state index is -3.74. The highest BCUT2D eigenvalue weighted by atomic mass is 35.5. The van der Waals surface area contributed by atoms with Gasteiger partial charge in [0, 0.05) is 18.8 Å². The summed E-state index contributed by atoms with van der Waals surface area (Å²) >= 11 is 0. The van der Waals surface area contributed by atoms with Crippen LogP contribution in [0.3, 0.4) is 0 Å². The summed E-state index contributed by atoms with van der Waals surface area (Å²) in [5, 5.41) is 3.22.